The second-order valence-corrected chi connectivity index (χ2v) is 4.61. The third-order valence-electron chi connectivity index (χ3n) is 3.02. The molecule has 1 amide bonds. The largest absolute Gasteiger partial charge is 0.462 e. The summed E-state index contributed by atoms with van der Waals surface area (Å²) in [6, 6.07) is 17.6. The molecule has 0 aliphatic heterocycles. The zero-order valence-corrected chi connectivity index (χ0v) is 12.1. The van der Waals surface area contributed by atoms with Crippen molar-refractivity contribution in [3.63, 3.8) is 0 Å². The fourth-order valence-corrected chi connectivity index (χ4v) is 1.90. The number of carbonyl (C=O) groups excluding carboxylic acids is 2. The first-order valence-electron chi connectivity index (χ1n) is 6.93. The highest BCUT2D eigenvalue weighted by Crippen LogP contribution is 2.20. The van der Waals surface area contributed by atoms with Crippen LogP contribution >= 0.6 is 0 Å². The van der Waals surface area contributed by atoms with Crippen molar-refractivity contribution in [3.8, 4) is 11.1 Å². The highest BCUT2D eigenvalue weighted by atomic mass is 16.5. The first kappa shape index (κ1) is 15.5. The Labute approximate surface area is 129 Å². The van der Waals surface area contributed by atoms with Crippen LogP contribution in [0.4, 0.5) is 5.69 Å². The molecule has 2 aromatic rings. The number of ether oxygens (including phenoxy) is 1. The number of amides is 1. The van der Waals surface area contributed by atoms with Gasteiger partial charge in [0.05, 0.1) is 6.42 Å². The minimum absolute atomic E-state index is 0.0405. The summed E-state index contributed by atoms with van der Waals surface area (Å²) in [6.07, 6.45) is 1.18. The summed E-state index contributed by atoms with van der Waals surface area (Å²) in [5.41, 5.74) is 2.91. The van der Waals surface area contributed by atoms with Gasteiger partial charge in [-0.25, -0.2) is 4.79 Å². The Hall–Kier alpha value is -2.88. The molecular weight excluding hydrogens is 278 g/mol. The van der Waals surface area contributed by atoms with Gasteiger partial charge in [0.2, 0.25) is 5.91 Å². The van der Waals surface area contributed by atoms with Crippen LogP contribution < -0.4 is 5.32 Å². The first-order chi connectivity index (χ1) is 10.7. The van der Waals surface area contributed by atoms with Gasteiger partial charge in [-0.2, -0.15) is 0 Å². The van der Waals surface area contributed by atoms with Gasteiger partial charge in [-0.1, -0.05) is 49.0 Å². The molecule has 0 fully saturated rings. The van der Waals surface area contributed by atoms with E-state index in [2.05, 4.69) is 11.9 Å². The zero-order chi connectivity index (χ0) is 15.8. The smallest absolute Gasteiger partial charge is 0.330 e. The van der Waals surface area contributed by atoms with Crippen molar-refractivity contribution in [2.45, 2.75) is 6.42 Å². The van der Waals surface area contributed by atoms with Gasteiger partial charge in [0, 0.05) is 11.8 Å². The maximum absolute atomic E-state index is 11.7. The van der Waals surface area contributed by atoms with Crippen molar-refractivity contribution < 1.29 is 14.3 Å². The number of anilines is 1. The van der Waals surface area contributed by atoms with Crippen LogP contribution in [0.1, 0.15) is 6.42 Å². The lowest BCUT2D eigenvalue weighted by Gasteiger charge is -2.07. The molecule has 4 nitrogen and oxygen atoms in total. The predicted octanol–water partition coefficient (Wildman–Crippen LogP) is 3.41. The minimum Gasteiger partial charge on any atom is -0.462 e. The van der Waals surface area contributed by atoms with Gasteiger partial charge >= 0.3 is 5.97 Å². The number of rotatable bonds is 6. The van der Waals surface area contributed by atoms with Crippen LogP contribution in [0.5, 0.6) is 0 Å². The number of hydrogen-bond donors (Lipinski definition) is 1. The van der Waals surface area contributed by atoms with Crippen molar-refractivity contribution in [2.24, 2.45) is 0 Å². The van der Waals surface area contributed by atoms with Crippen LogP contribution in [0.25, 0.3) is 11.1 Å². The van der Waals surface area contributed by atoms with Crippen LogP contribution in [0.2, 0.25) is 0 Å². The van der Waals surface area contributed by atoms with E-state index in [1.807, 2.05) is 54.6 Å². The molecule has 112 valence electrons. The molecule has 0 aliphatic carbocycles. The Morgan fingerprint density at radius 2 is 1.64 bits per heavy atom. The highest BCUT2D eigenvalue weighted by molar-refractivity contribution is 5.91. The van der Waals surface area contributed by atoms with E-state index in [9.17, 15) is 9.59 Å². The van der Waals surface area contributed by atoms with Crippen LogP contribution in [0.15, 0.2) is 67.3 Å². The van der Waals surface area contributed by atoms with E-state index in [0.29, 0.717) is 5.69 Å². The van der Waals surface area contributed by atoms with Crippen molar-refractivity contribution in [1.82, 2.24) is 0 Å². The Morgan fingerprint density at radius 3 is 2.27 bits per heavy atom. The van der Waals surface area contributed by atoms with Gasteiger partial charge in [0.15, 0.2) is 0 Å². The SMILES string of the molecule is C=CC(=O)OCCC(=O)Nc1ccc(-c2ccccc2)cc1. The molecule has 0 atom stereocenters. The van der Waals surface area contributed by atoms with Crippen LogP contribution in [-0.4, -0.2) is 18.5 Å². The molecule has 0 heterocycles. The standard InChI is InChI=1S/C18H17NO3/c1-2-18(21)22-13-12-17(20)19-16-10-8-15(9-11-16)14-6-4-3-5-7-14/h2-11H,1,12-13H2,(H,19,20). The number of hydrogen-bond acceptors (Lipinski definition) is 3. The van der Waals surface area contributed by atoms with E-state index >= 15 is 0 Å². The Balaban J connectivity index is 1.87. The van der Waals surface area contributed by atoms with E-state index in [-0.39, 0.29) is 18.9 Å². The summed E-state index contributed by atoms with van der Waals surface area (Å²) in [6.45, 7) is 3.32. The highest BCUT2D eigenvalue weighted by Gasteiger charge is 2.04. The third-order valence-corrected chi connectivity index (χ3v) is 3.02. The van der Waals surface area contributed by atoms with E-state index in [4.69, 9.17) is 4.74 Å². The molecule has 0 saturated heterocycles. The fourth-order valence-electron chi connectivity index (χ4n) is 1.90. The maximum atomic E-state index is 11.7. The summed E-state index contributed by atoms with van der Waals surface area (Å²) in [7, 11) is 0. The second kappa shape index (κ2) is 7.78. The van der Waals surface area contributed by atoms with Crippen molar-refractivity contribution in [3.05, 3.63) is 67.3 Å². The molecule has 22 heavy (non-hydrogen) atoms. The van der Waals surface area contributed by atoms with Crippen molar-refractivity contribution in [1.29, 1.82) is 0 Å². The molecule has 2 rings (SSSR count). The minimum atomic E-state index is -0.528. The Bertz CT molecular complexity index is 648. The Kier molecular flexibility index (Phi) is 5.49. The van der Waals surface area contributed by atoms with Gasteiger partial charge in [-0.05, 0) is 23.3 Å². The van der Waals surface area contributed by atoms with Gasteiger partial charge in [-0.3, -0.25) is 4.79 Å². The van der Waals surface area contributed by atoms with Crippen LogP contribution in [0.3, 0.4) is 0 Å². The van der Waals surface area contributed by atoms with Crippen LogP contribution in [-0.2, 0) is 14.3 Å². The molecule has 0 saturated carbocycles. The van der Waals surface area contributed by atoms with E-state index < -0.39 is 5.97 Å². The molecule has 0 spiro atoms. The topological polar surface area (TPSA) is 55.4 Å². The lowest BCUT2D eigenvalue weighted by Crippen LogP contribution is -2.15. The van der Waals surface area contributed by atoms with Crippen molar-refractivity contribution >= 4 is 17.6 Å². The molecule has 0 aromatic heterocycles. The van der Waals surface area contributed by atoms with Crippen LogP contribution in [0, 0.1) is 0 Å². The van der Waals surface area contributed by atoms with E-state index in [0.717, 1.165) is 17.2 Å². The lowest BCUT2D eigenvalue weighted by atomic mass is 10.1. The lowest BCUT2D eigenvalue weighted by molar-refractivity contribution is -0.138. The monoisotopic (exact) mass is 295 g/mol. The summed E-state index contributed by atoms with van der Waals surface area (Å²) in [5.74, 6) is -0.732. The van der Waals surface area contributed by atoms with Gasteiger partial charge in [0.25, 0.3) is 0 Å². The summed E-state index contributed by atoms with van der Waals surface area (Å²) in [4.78, 5) is 22.6. The number of nitrogens with one attached hydrogen (secondary N) is 1. The molecule has 0 unspecified atom stereocenters. The molecule has 0 radical (unpaired) electrons. The quantitative estimate of drug-likeness (QED) is 0.656. The number of carbonyl (C=O) groups is 2. The normalized spacial score (nSPS) is 9.82. The van der Waals surface area contributed by atoms with E-state index in [1.54, 1.807) is 0 Å². The summed E-state index contributed by atoms with van der Waals surface area (Å²) in [5, 5.41) is 2.76. The third kappa shape index (κ3) is 4.59. The first-order valence-corrected chi connectivity index (χ1v) is 6.93. The van der Waals surface area contributed by atoms with Crippen molar-refractivity contribution in [2.75, 3.05) is 11.9 Å². The molecule has 1 N–H and O–H groups in total. The average Bonchev–Trinajstić information content (AvgIpc) is 2.56. The number of esters is 1. The molecule has 4 heteroatoms. The molecule has 0 bridgehead atoms. The molecular formula is C18H17NO3. The van der Waals surface area contributed by atoms with Gasteiger partial charge in [0.1, 0.15) is 6.61 Å². The number of benzene rings is 2. The molecule has 0 aliphatic rings. The Morgan fingerprint density at radius 1 is 1.00 bits per heavy atom. The summed E-state index contributed by atoms with van der Waals surface area (Å²) < 4.78 is 4.76. The van der Waals surface area contributed by atoms with Gasteiger partial charge < -0.3 is 10.1 Å². The zero-order valence-electron chi connectivity index (χ0n) is 12.1. The van der Waals surface area contributed by atoms with Gasteiger partial charge in [-0.15, -0.1) is 0 Å². The average molecular weight is 295 g/mol. The maximum Gasteiger partial charge on any atom is 0.330 e. The second-order valence-electron chi connectivity index (χ2n) is 4.61. The fraction of sp³-hybridized carbons (Fsp3) is 0.111. The summed E-state index contributed by atoms with van der Waals surface area (Å²) >= 11 is 0. The predicted molar refractivity (Wildman–Crippen MR) is 86.3 cm³/mol. The van der Waals surface area contributed by atoms with E-state index in [1.165, 1.54) is 0 Å². The molecule has 2 aromatic carbocycles.